The van der Waals surface area contributed by atoms with E-state index in [4.69, 9.17) is 5.11 Å². The van der Waals surface area contributed by atoms with Crippen LogP contribution in [0, 0.1) is 0 Å². The molecule has 110 valence electrons. The van der Waals surface area contributed by atoms with Gasteiger partial charge in [-0.15, -0.1) is 0 Å². The minimum absolute atomic E-state index is 0.206. The van der Waals surface area contributed by atoms with Crippen molar-refractivity contribution < 1.29 is 20.4 Å². The molecule has 6 nitrogen and oxygen atoms in total. The van der Waals surface area contributed by atoms with Gasteiger partial charge in [0.25, 0.3) is 0 Å². The van der Waals surface area contributed by atoms with Gasteiger partial charge in [0.05, 0.1) is 12.6 Å². The maximum absolute atomic E-state index is 9.83. The maximum Gasteiger partial charge on any atom is 0.139 e. The lowest BCUT2D eigenvalue weighted by atomic mass is 9.95. The minimum Gasteiger partial charge on any atom is -0.394 e. The van der Waals surface area contributed by atoms with E-state index in [1.165, 1.54) is 0 Å². The Morgan fingerprint density at radius 2 is 1.75 bits per heavy atom. The molecule has 0 bridgehead atoms. The molecule has 0 unspecified atom stereocenters. The zero-order valence-corrected chi connectivity index (χ0v) is 11.1. The van der Waals surface area contributed by atoms with Gasteiger partial charge < -0.3 is 25.7 Å². The summed E-state index contributed by atoms with van der Waals surface area (Å²) in [6, 6.07) is 9.07. The summed E-state index contributed by atoms with van der Waals surface area (Å²) in [5, 5.41) is 41.1. The van der Waals surface area contributed by atoms with Crippen molar-refractivity contribution in [2.24, 2.45) is 4.99 Å². The average molecular weight is 280 g/mol. The minimum atomic E-state index is -1.34. The summed E-state index contributed by atoms with van der Waals surface area (Å²) in [7, 11) is 0. The fourth-order valence-electron chi connectivity index (χ4n) is 2.19. The van der Waals surface area contributed by atoms with Crippen LogP contribution in [0.1, 0.15) is 5.56 Å². The molecule has 1 aromatic carbocycles. The van der Waals surface area contributed by atoms with Crippen molar-refractivity contribution in [1.29, 1.82) is 0 Å². The highest BCUT2D eigenvalue weighted by atomic mass is 16.4. The zero-order valence-electron chi connectivity index (χ0n) is 11.1. The Kier molecular flexibility index (Phi) is 5.08. The van der Waals surface area contributed by atoms with Crippen LogP contribution in [-0.2, 0) is 6.42 Å². The monoisotopic (exact) mass is 280 g/mol. The van der Waals surface area contributed by atoms with Gasteiger partial charge in [-0.25, -0.2) is 0 Å². The van der Waals surface area contributed by atoms with E-state index < -0.39 is 24.4 Å². The van der Waals surface area contributed by atoms with Gasteiger partial charge in [0.15, 0.2) is 0 Å². The molecular weight excluding hydrogens is 260 g/mol. The molecule has 6 heteroatoms. The van der Waals surface area contributed by atoms with Gasteiger partial charge >= 0.3 is 0 Å². The molecule has 1 aliphatic heterocycles. The Bertz CT molecular complexity index is 450. The SMILES string of the molecule is OC[C@H]1NC(=NCCc2ccccc2)[C@H](O)[C@@H](O)[C@H]1O. The fourth-order valence-corrected chi connectivity index (χ4v) is 2.19. The van der Waals surface area contributed by atoms with Gasteiger partial charge in [-0.1, -0.05) is 30.3 Å². The lowest BCUT2D eigenvalue weighted by Crippen LogP contribution is -2.64. The van der Waals surface area contributed by atoms with Crippen molar-refractivity contribution in [2.45, 2.75) is 30.8 Å². The lowest BCUT2D eigenvalue weighted by Gasteiger charge is -2.36. The molecule has 0 aromatic heterocycles. The summed E-state index contributed by atoms with van der Waals surface area (Å²) in [5.41, 5.74) is 1.13. The van der Waals surface area contributed by atoms with Gasteiger partial charge in [-0.3, -0.25) is 4.99 Å². The molecule has 5 N–H and O–H groups in total. The number of benzene rings is 1. The number of nitrogens with zero attached hydrogens (tertiary/aromatic N) is 1. The third-order valence-corrected chi connectivity index (χ3v) is 3.42. The van der Waals surface area contributed by atoms with E-state index in [1.807, 2.05) is 30.3 Å². The van der Waals surface area contributed by atoms with Gasteiger partial charge in [0, 0.05) is 6.54 Å². The quantitative estimate of drug-likeness (QED) is 0.470. The Balaban J connectivity index is 1.98. The Morgan fingerprint density at radius 1 is 1.05 bits per heavy atom. The molecular formula is C14H20N2O4. The fraction of sp³-hybridized carbons (Fsp3) is 0.500. The van der Waals surface area contributed by atoms with E-state index in [2.05, 4.69) is 10.3 Å². The molecule has 1 saturated heterocycles. The predicted molar refractivity (Wildman–Crippen MR) is 74.5 cm³/mol. The van der Waals surface area contributed by atoms with E-state index in [0.29, 0.717) is 13.0 Å². The van der Waals surface area contributed by atoms with Gasteiger partial charge in [0.2, 0.25) is 0 Å². The van der Waals surface area contributed by atoms with E-state index in [9.17, 15) is 15.3 Å². The smallest absolute Gasteiger partial charge is 0.139 e. The van der Waals surface area contributed by atoms with Crippen molar-refractivity contribution in [1.82, 2.24) is 5.32 Å². The molecule has 0 amide bonds. The number of aliphatic imine (C=N–C) groups is 1. The summed E-state index contributed by atoms with van der Waals surface area (Å²) in [5.74, 6) is 0.206. The van der Waals surface area contributed by atoms with Crippen molar-refractivity contribution >= 4 is 5.84 Å². The number of hydrogen-bond acceptors (Lipinski definition) is 5. The van der Waals surface area contributed by atoms with Crippen molar-refractivity contribution in [3.05, 3.63) is 35.9 Å². The summed E-state index contributed by atoms with van der Waals surface area (Å²) in [6.45, 7) is 0.104. The van der Waals surface area contributed by atoms with E-state index in [-0.39, 0.29) is 12.4 Å². The summed E-state index contributed by atoms with van der Waals surface area (Å²) < 4.78 is 0. The number of nitrogens with one attached hydrogen (secondary N) is 1. The van der Waals surface area contributed by atoms with Crippen molar-refractivity contribution in [3.8, 4) is 0 Å². The first-order chi connectivity index (χ1) is 9.63. The Hall–Kier alpha value is -1.47. The number of amidine groups is 1. The summed E-state index contributed by atoms with van der Waals surface area (Å²) in [6.07, 6.45) is -3.11. The zero-order chi connectivity index (χ0) is 14.5. The molecule has 1 fully saturated rings. The Morgan fingerprint density at radius 3 is 2.40 bits per heavy atom. The van der Waals surface area contributed by atoms with Crippen LogP contribution in [0.2, 0.25) is 0 Å². The molecule has 4 atom stereocenters. The lowest BCUT2D eigenvalue weighted by molar-refractivity contribution is -0.0681. The molecule has 0 radical (unpaired) electrons. The molecule has 1 aliphatic rings. The summed E-state index contributed by atoms with van der Waals surface area (Å²) >= 11 is 0. The standard InChI is InChI=1S/C14H20N2O4/c17-8-10-11(18)12(19)13(20)14(16-10)15-7-6-9-4-2-1-3-5-9/h1-5,10-13,17-20H,6-8H2,(H,15,16)/t10-,11+,12+,13-/m1/s1. The number of aliphatic hydroxyl groups excluding tert-OH is 4. The van der Waals surface area contributed by atoms with E-state index >= 15 is 0 Å². The third kappa shape index (κ3) is 3.34. The highest BCUT2D eigenvalue weighted by molar-refractivity contribution is 5.88. The van der Waals surface area contributed by atoms with Crippen LogP contribution in [0.15, 0.2) is 35.3 Å². The predicted octanol–water partition coefficient (Wildman–Crippen LogP) is -1.33. The highest BCUT2D eigenvalue weighted by Gasteiger charge is 2.39. The molecule has 0 saturated carbocycles. The average Bonchev–Trinajstić information content (AvgIpc) is 2.48. The largest absolute Gasteiger partial charge is 0.394 e. The Labute approximate surface area is 117 Å². The van der Waals surface area contributed by atoms with E-state index in [0.717, 1.165) is 5.56 Å². The number of piperidine rings is 1. The van der Waals surface area contributed by atoms with E-state index in [1.54, 1.807) is 0 Å². The second-order valence-corrected chi connectivity index (χ2v) is 4.86. The second kappa shape index (κ2) is 6.81. The first-order valence-corrected chi connectivity index (χ1v) is 6.63. The third-order valence-electron chi connectivity index (χ3n) is 3.42. The maximum atomic E-state index is 9.83. The first-order valence-electron chi connectivity index (χ1n) is 6.63. The van der Waals surface area contributed by atoms with Gasteiger partial charge in [-0.2, -0.15) is 0 Å². The van der Waals surface area contributed by atoms with Crippen LogP contribution < -0.4 is 5.32 Å². The molecule has 1 heterocycles. The van der Waals surface area contributed by atoms with Crippen LogP contribution in [0.3, 0.4) is 0 Å². The second-order valence-electron chi connectivity index (χ2n) is 4.86. The molecule has 0 spiro atoms. The van der Waals surface area contributed by atoms with Gasteiger partial charge in [0.1, 0.15) is 24.1 Å². The first kappa shape index (κ1) is 14.9. The molecule has 2 rings (SSSR count). The molecule has 1 aromatic rings. The van der Waals surface area contributed by atoms with Crippen LogP contribution in [0.4, 0.5) is 0 Å². The van der Waals surface area contributed by atoms with Crippen molar-refractivity contribution in [3.63, 3.8) is 0 Å². The van der Waals surface area contributed by atoms with Crippen LogP contribution in [0.5, 0.6) is 0 Å². The molecule has 0 aliphatic carbocycles. The number of hydrogen-bond donors (Lipinski definition) is 5. The van der Waals surface area contributed by atoms with Crippen LogP contribution >= 0.6 is 0 Å². The normalized spacial score (nSPS) is 32.1. The van der Waals surface area contributed by atoms with Crippen molar-refractivity contribution in [2.75, 3.05) is 13.2 Å². The number of aliphatic hydroxyl groups is 4. The highest BCUT2D eigenvalue weighted by Crippen LogP contribution is 2.12. The summed E-state index contributed by atoms with van der Waals surface area (Å²) in [4.78, 5) is 4.22. The van der Waals surface area contributed by atoms with Crippen LogP contribution in [0.25, 0.3) is 0 Å². The topological polar surface area (TPSA) is 105 Å². The number of rotatable bonds is 4. The van der Waals surface area contributed by atoms with Gasteiger partial charge in [-0.05, 0) is 12.0 Å². The molecule has 20 heavy (non-hydrogen) atoms. The van der Waals surface area contributed by atoms with Crippen LogP contribution in [-0.4, -0.2) is 63.8 Å².